The molecule has 21 heavy (non-hydrogen) atoms. The lowest BCUT2D eigenvalue weighted by Crippen LogP contribution is -2.17. The van der Waals surface area contributed by atoms with Gasteiger partial charge in [0.1, 0.15) is 5.75 Å². The molecule has 0 aliphatic rings. The lowest BCUT2D eigenvalue weighted by molar-refractivity contribution is -0.274. The zero-order valence-corrected chi connectivity index (χ0v) is 10.2. The van der Waals surface area contributed by atoms with Gasteiger partial charge in [-0.1, -0.05) is 18.2 Å². The molecule has 0 spiro atoms. The highest BCUT2D eigenvalue weighted by molar-refractivity contribution is 5.65. The van der Waals surface area contributed by atoms with E-state index in [1.54, 1.807) is 0 Å². The van der Waals surface area contributed by atoms with Crippen LogP contribution >= 0.6 is 0 Å². The fourth-order valence-electron chi connectivity index (χ4n) is 1.71. The zero-order chi connectivity index (χ0) is 15.7. The summed E-state index contributed by atoms with van der Waals surface area (Å²) in [6, 6.07) is 6.19. The number of aromatic nitrogens is 1. The van der Waals surface area contributed by atoms with Crippen molar-refractivity contribution in [1.82, 2.24) is 4.98 Å². The van der Waals surface area contributed by atoms with Crippen molar-refractivity contribution in [1.29, 1.82) is 0 Å². The molecule has 0 saturated carbocycles. The summed E-state index contributed by atoms with van der Waals surface area (Å²) in [4.78, 5) is 3.67. The summed E-state index contributed by atoms with van der Waals surface area (Å²) >= 11 is 0. The van der Waals surface area contributed by atoms with Crippen LogP contribution in [0.1, 0.15) is 5.56 Å². The van der Waals surface area contributed by atoms with Crippen molar-refractivity contribution in [3.63, 3.8) is 0 Å². The number of alkyl halides is 6. The van der Waals surface area contributed by atoms with Crippen LogP contribution in [0.4, 0.5) is 26.3 Å². The molecule has 2 nitrogen and oxygen atoms in total. The van der Waals surface area contributed by atoms with Gasteiger partial charge in [-0.25, -0.2) is 0 Å². The third kappa shape index (κ3) is 3.87. The van der Waals surface area contributed by atoms with Crippen molar-refractivity contribution in [2.45, 2.75) is 12.5 Å². The Labute approximate surface area is 115 Å². The van der Waals surface area contributed by atoms with E-state index in [1.165, 1.54) is 12.1 Å². The number of rotatable bonds is 2. The Bertz CT molecular complexity index is 635. The average molecular weight is 307 g/mol. The predicted octanol–water partition coefficient (Wildman–Crippen LogP) is 4.67. The average Bonchev–Trinajstić information content (AvgIpc) is 2.36. The van der Waals surface area contributed by atoms with E-state index in [4.69, 9.17) is 0 Å². The van der Waals surface area contributed by atoms with E-state index in [-0.39, 0.29) is 11.3 Å². The minimum atomic E-state index is -4.93. The van der Waals surface area contributed by atoms with Gasteiger partial charge < -0.3 is 4.74 Å². The molecule has 0 bridgehead atoms. The molecule has 0 N–H and O–H groups in total. The molecule has 0 unspecified atom stereocenters. The van der Waals surface area contributed by atoms with Gasteiger partial charge in [-0.05, 0) is 12.1 Å². The molecular formula is C13H7F6NO. The molecule has 112 valence electrons. The normalized spacial score (nSPS) is 12.3. The van der Waals surface area contributed by atoms with Crippen LogP contribution < -0.4 is 4.74 Å². The van der Waals surface area contributed by atoms with Gasteiger partial charge in [-0.2, -0.15) is 13.2 Å². The quantitative estimate of drug-likeness (QED) is 0.752. The Kier molecular flexibility index (Phi) is 3.80. The second-order valence-electron chi connectivity index (χ2n) is 3.97. The Morgan fingerprint density at radius 1 is 0.905 bits per heavy atom. The number of halogens is 6. The van der Waals surface area contributed by atoms with E-state index in [0.717, 1.165) is 30.5 Å². The van der Waals surface area contributed by atoms with Crippen LogP contribution in [-0.4, -0.2) is 11.3 Å². The highest BCUT2D eigenvalue weighted by atomic mass is 19.4. The molecule has 1 aromatic carbocycles. The SMILES string of the molecule is FC(F)(F)Oc1ccnc(-c2ccccc2C(F)(F)F)c1. The first-order chi connectivity index (χ1) is 9.67. The molecule has 0 saturated heterocycles. The van der Waals surface area contributed by atoms with Crippen molar-refractivity contribution < 1.29 is 31.1 Å². The van der Waals surface area contributed by atoms with Gasteiger partial charge in [0.15, 0.2) is 0 Å². The summed E-state index contributed by atoms with van der Waals surface area (Å²) in [5.74, 6) is -0.635. The van der Waals surface area contributed by atoms with Crippen LogP contribution in [0.15, 0.2) is 42.6 Å². The fraction of sp³-hybridized carbons (Fsp3) is 0.154. The molecule has 1 aromatic heterocycles. The van der Waals surface area contributed by atoms with Crippen LogP contribution in [-0.2, 0) is 6.18 Å². The summed E-state index contributed by atoms with van der Waals surface area (Å²) in [5, 5.41) is 0. The van der Waals surface area contributed by atoms with Crippen LogP contribution in [0.3, 0.4) is 0 Å². The molecule has 1 heterocycles. The van der Waals surface area contributed by atoms with E-state index in [9.17, 15) is 26.3 Å². The van der Waals surface area contributed by atoms with Gasteiger partial charge >= 0.3 is 12.5 Å². The maximum absolute atomic E-state index is 12.9. The molecule has 0 atom stereocenters. The largest absolute Gasteiger partial charge is 0.573 e. The summed E-state index contributed by atoms with van der Waals surface area (Å²) in [7, 11) is 0. The molecule has 0 amide bonds. The van der Waals surface area contributed by atoms with Crippen molar-refractivity contribution in [2.24, 2.45) is 0 Å². The summed E-state index contributed by atoms with van der Waals surface area (Å²) in [6.07, 6.45) is -8.62. The maximum Gasteiger partial charge on any atom is 0.573 e. The topological polar surface area (TPSA) is 22.1 Å². The Balaban J connectivity index is 2.46. The summed E-state index contributed by atoms with van der Waals surface area (Å²) in [5.41, 5.74) is -1.57. The van der Waals surface area contributed by atoms with E-state index in [0.29, 0.717) is 0 Å². The number of hydrogen-bond donors (Lipinski definition) is 0. The van der Waals surface area contributed by atoms with Crippen LogP contribution in [0.25, 0.3) is 11.3 Å². The Hall–Kier alpha value is -2.25. The fourth-order valence-corrected chi connectivity index (χ4v) is 1.71. The minimum absolute atomic E-state index is 0.260. The lowest BCUT2D eigenvalue weighted by atomic mass is 10.0. The molecule has 0 aliphatic carbocycles. The van der Waals surface area contributed by atoms with E-state index >= 15 is 0 Å². The van der Waals surface area contributed by atoms with Crippen molar-refractivity contribution in [3.05, 3.63) is 48.2 Å². The highest BCUT2D eigenvalue weighted by Crippen LogP contribution is 2.37. The third-order valence-electron chi connectivity index (χ3n) is 2.47. The number of hydrogen-bond acceptors (Lipinski definition) is 2. The highest BCUT2D eigenvalue weighted by Gasteiger charge is 2.34. The van der Waals surface area contributed by atoms with Gasteiger partial charge in [0.05, 0.1) is 11.3 Å². The zero-order valence-electron chi connectivity index (χ0n) is 10.2. The number of benzene rings is 1. The minimum Gasteiger partial charge on any atom is -0.406 e. The van der Waals surface area contributed by atoms with Gasteiger partial charge in [-0.3, -0.25) is 4.98 Å². The van der Waals surface area contributed by atoms with Crippen molar-refractivity contribution in [2.75, 3.05) is 0 Å². The van der Waals surface area contributed by atoms with E-state index < -0.39 is 23.9 Å². The number of pyridine rings is 1. The van der Waals surface area contributed by atoms with E-state index in [2.05, 4.69) is 9.72 Å². The van der Waals surface area contributed by atoms with Gasteiger partial charge in [-0.15, -0.1) is 13.2 Å². The Morgan fingerprint density at radius 2 is 1.57 bits per heavy atom. The Morgan fingerprint density at radius 3 is 2.19 bits per heavy atom. The standard InChI is InChI=1S/C13H7F6NO/c14-12(15,16)10-4-2-1-3-9(10)11-7-8(5-6-20-11)21-13(17,18)19/h1-7H. The monoisotopic (exact) mass is 307 g/mol. The maximum atomic E-state index is 12.9. The van der Waals surface area contributed by atoms with Crippen LogP contribution in [0.5, 0.6) is 5.75 Å². The van der Waals surface area contributed by atoms with Gasteiger partial charge in [0.2, 0.25) is 0 Å². The molecule has 2 aromatic rings. The number of ether oxygens (including phenoxy) is 1. The van der Waals surface area contributed by atoms with Crippen LogP contribution in [0, 0.1) is 0 Å². The van der Waals surface area contributed by atoms with Crippen molar-refractivity contribution in [3.8, 4) is 17.0 Å². The van der Waals surface area contributed by atoms with E-state index in [1.807, 2.05) is 0 Å². The number of nitrogens with zero attached hydrogens (tertiary/aromatic N) is 1. The first-order valence-electron chi connectivity index (χ1n) is 5.55. The molecule has 0 radical (unpaired) electrons. The van der Waals surface area contributed by atoms with Gasteiger partial charge in [0, 0.05) is 17.8 Å². The first kappa shape index (κ1) is 15.1. The second kappa shape index (κ2) is 5.27. The molecular weight excluding hydrogens is 300 g/mol. The lowest BCUT2D eigenvalue weighted by Gasteiger charge is -2.13. The molecule has 0 aliphatic heterocycles. The summed E-state index contributed by atoms with van der Waals surface area (Å²) in [6.45, 7) is 0. The van der Waals surface area contributed by atoms with Crippen molar-refractivity contribution >= 4 is 0 Å². The summed E-state index contributed by atoms with van der Waals surface area (Å²) < 4.78 is 78.6. The smallest absolute Gasteiger partial charge is 0.406 e. The third-order valence-corrected chi connectivity index (χ3v) is 2.47. The molecule has 8 heteroatoms. The second-order valence-corrected chi connectivity index (χ2v) is 3.97. The van der Waals surface area contributed by atoms with Crippen LogP contribution in [0.2, 0.25) is 0 Å². The molecule has 2 rings (SSSR count). The van der Waals surface area contributed by atoms with Gasteiger partial charge in [0.25, 0.3) is 0 Å². The predicted molar refractivity (Wildman–Crippen MR) is 61.4 cm³/mol. The first-order valence-corrected chi connectivity index (χ1v) is 5.55. The molecule has 0 fully saturated rings.